The fourth-order valence-electron chi connectivity index (χ4n) is 2.46. The van der Waals surface area contributed by atoms with Gasteiger partial charge in [0.15, 0.2) is 0 Å². The van der Waals surface area contributed by atoms with Gasteiger partial charge in [-0.1, -0.05) is 26.2 Å². The van der Waals surface area contributed by atoms with Gasteiger partial charge in [-0.25, -0.2) is 0 Å². The molecule has 1 amide bonds. The Hall–Kier alpha value is -0.350. The van der Waals surface area contributed by atoms with E-state index in [1.165, 1.54) is 37.0 Å². The Bertz CT molecular complexity index is 391. The van der Waals surface area contributed by atoms with Crippen molar-refractivity contribution in [3.8, 4) is 0 Å². The molecule has 2 nitrogen and oxygen atoms in total. The number of nitrogens with one attached hydrogen (secondary N) is 1. The molecule has 94 valence electrons. The lowest BCUT2D eigenvalue weighted by Crippen LogP contribution is -2.33. The Morgan fingerprint density at radius 2 is 2.29 bits per heavy atom. The molecule has 1 aliphatic rings. The molecule has 0 aromatic carbocycles. The van der Waals surface area contributed by atoms with Crippen molar-refractivity contribution in [3.63, 3.8) is 0 Å². The van der Waals surface area contributed by atoms with Crippen molar-refractivity contribution in [2.45, 2.75) is 32.6 Å². The predicted octanol–water partition coefficient (Wildman–Crippen LogP) is 4.07. The number of carbonyl (C=O) groups excluding carboxylic acids is 1. The molecule has 2 rings (SSSR count). The lowest BCUT2D eigenvalue weighted by Gasteiger charge is -2.28. The molecule has 0 saturated heterocycles. The van der Waals surface area contributed by atoms with Crippen molar-refractivity contribution in [2.75, 3.05) is 6.54 Å². The molecule has 2 unspecified atom stereocenters. The van der Waals surface area contributed by atoms with E-state index in [-0.39, 0.29) is 5.91 Å². The molecule has 2 atom stereocenters. The van der Waals surface area contributed by atoms with Crippen molar-refractivity contribution >= 4 is 33.2 Å². The number of halogens is 1. The number of rotatable bonds is 3. The average Bonchev–Trinajstić information content (AvgIpc) is 2.74. The largest absolute Gasteiger partial charge is 0.351 e. The summed E-state index contributed by atoms with van der Waals surface area (Å²) in [5.74, 6) is 1.46. The minimum Gasteiger partial charge on any atom is -0.351 e. The first-order valence-electron chi connectivity index (χ1n) is 6.19. The summed E-state index contributed by atoms with van der Waals surface area (Å²) < 4.78 is 0.900. The van der Waals surface area contributed by atoms with E-state index in [0.29, 0.717) is 5.92 Å². The van der Waals surface area contributed by atoms with Crippen LogP contribution in [0.2, 0.25) is 0 Å². The summed E-state index contributed by atoms with van der Waals surface area (Å²) in [7, 11) is 0. The van der Waals surface area contributed by atoms with Gasteiger partial charge in [-0.2, -0.15) is 0 Å². The Labute approximate surface area is 115 Å². The van der Waals surface area contributed by atoms with Crippen molar-refractivity contribution < 1.29 is 4.79 Å². The quantitative estimate of drug-likeness (QED) is 0.895. The zero-order chi connectivity index (χ0) is 12.3. The number of hydrogen-bond acceptors (Lipinski definition) is 2. The third kappa shape index (κ3) is 3.32. The highest BCUT2D eigenvalue weighted by Crippen LogP contribution is 2.29. The fourth-order valence-corrected chi connectivity index (χ4v) is 3.92. The van der Waals surface area contributed by atoms with Gasteiger partial charge in [0.25, 0.3) is 5.91 Å². The monoisotopic (exact) mass is 315 g/mol. The molecule has 1 aliphatic carbocycles. The molecule has 1 aromatic heterocycles. The van der Waals surface area contributed by atoms with Crippen molar-refractivity contribution in [3.05, 3.63) is 20.8 Å². The number of carbonyl (C=O) groups is 1. The Kier molecular flexibility index (Phi) is 4.62. The maximum atomic E-state index is 11.9. The van der Waals surface area contributed by atoms with Gasteiger partial charge >= 0.3 is 0 Å². The summed E-state index contributed by atoms with van der Waals surface area (Å²) in [6.07, 6.45) is 5.23. The minimum atomic E-state index is 0.0599. The van der Waals surface area contributed by atoms with Crippen LogP contribution in [0.1, 0.15) is 42.3 Å². The van der Waals surface area contributed by atoms with Gasteiger partial charge in [0.05, 0.1) is 0 Å². The lowest BCUT2D eigenvalue weighted by molar-refractivity contribution is 0.0940. The first-order chi connectivity index (χ1) is 8.18. The number of amides is 1. The van der Waals surface area contributed by atoms with Crippen LogP contribution in [-0.2, 0) is 0 Å². The van der Waals surface area contributed by atoms with Crippen LogP contribution >= 0.6 is 27.3 Å². The maximum Gasteiger partial charge on any atom is 0.262 e. The van der Waals surface area contributed by atoms with E-state index < -0.39 is 0 Å². The van der Waals surface area contributed by atoms with Crippen molar-refractivity contribution in [1.82, 2.24) is 5.32 Å². The third-order valence-electron chi connectivity index (χ3n) is 3.64. The highest BCUT2D eigenvalue weighted by molar-refractivity contribution is 9.10. The molecule has 0 radical (unpaired) electrons. The molecular weight excluding hydrogens is 298 g/mol. The molecule has 1 fully saturated rings. The zero-order valence-corrected chi connectivity index (χ0v) is 12.4. The second-order valence-corrected chi connectivity index (χ2v) is 6.60. The zero-order valence-electron chi connectivity index (χ0n) is 10.0. The number of thiophene rings is 1. The molecule has 0 aliphatic heterocycles. The van der Waals surface area contributed by atoms with E-state index >= 15 is 0 Å². The van der Waals surface area contributed by atoms with Gasteiger partial charge in [0, 0.05) is 11.0 Å². The van der Waals surface area contributed by atoms with Crippen LogP contribution in [0.4, 0.5) is 0 Å². The van der Waals surface area contributed by atoms with Gasteiger partial charge in [0.2, 0.25) is 0 Å². The molecular formula is C13H18BrNOS. The Morgan fingerprint density at radius 1 is 1.53 bits per heavy atom. The smallest absolute Gasteiger partial charge is 0.262 e. The van der Waals surface area contributed by atoms with Crippen LogP contribution < -0.4 is 5.32 Å². The number of hydrogen-bond donors (Lipinski definition) is 1. The molecule has 1 heterocycles. The summed E-state index contributed by atoms with van der Waals surface area (Å²) in [5.41, 5.74) is 0. The molecule has 1 aromatic rings. The Morgan fingerprint density at radius 3 is 2.94 bits per heavy atom. The van der Waals surface area contributed by atoms with E-state index in [1.807, 2.05) is 11.4 Å². The van der Waals surface area contributed by atoms with Crippen LogP contribution in [0.15, 0.2) is 15.9 Å². The second kappa shape index (κ2) is 6.01. The fraction of sp³-hybridized carbons (Fsp3) is 0.615. The standard InChI is InChI=1S/C13H18BrNOS/c1-9-4-2-3-5-10(9)8-15-13(16)12-11(14)6-7-17-12/h6-7,9-10H,2-5,8H2,1H3,(H,15,16). The van der Waals surface area contributed by atoms with Crippen LogP contribution in [-0.4, -0.2) is 12.5 Å². The molecule has 0 bridgehead atoms. The van der Waals surface area contributed by atoms with E-state index in [9.17, 15) is 4.79 Å². The molecule has 0 spiro atoms. The van der Waals surface area contributed by atoms with E-state index in [1.54, 1.807) is 0 Å². The molecule has 1 N–H and O–H groups in total. The topological polar surface area (TPSA) is 29.1 Å². The van der Waals surface area contributed by atoms with E-state index in [0.717, 1.165) is 21.8 Å². The SMILES string of the molecule is CC1CCCCC1CNC(=O)c1sccc1Br. The van der Waals surface area contributed by atoms with Gasteiger partial charge in [0.1, 0.15) is 4.88 Å². The maximum absolute atomic E-state index is 11.9. The van der Waals surface area contributed by atoms with Crippen LogP contribution in [0, 0.1) is 11.8 Å². The summed E-state index contributed by atoms with van der Waals surface area (Å²) >= 11 is 4.88. The highest BCUT2D eigenvalue weighted by atomic mass is 79.9. The van der Waals surface area contributed by atoms with Gasteiger partial charge in [-0.3, -0.25) is 4.79 Å². The summed E-state index contributed by atoms with van der Waals surface area (Å²) in [4.78, 5) is 12.7. The van der Waals surface area contributed by atoms with Crippen LogP contribution in [0.5, 0.6) is 0 Å². The van der Waals surface area contributed by atoms with E-state index in [4.69, 9.17) is 0 Å². The van der Waals surface area contributed by atoms with Gasteiger partial charge in [-0.05, 0) is 45.6 Å². The summed E-state index contributed by atoms with van der Waals surface area (Å²) in [5, 5.41) is 5.00. The van der Waals surface area contributed by atoms with Gasteiger partial charge < -0.3 is 5.32 Å². The molecule has 17 heavy (non-hydrogen) atoms. The highest BCUT2D eigenvalue weighted by Gasteiger charge is 2.22. The minimum absolute atomic E-state index is 0.0599. The lowest BCUT2D eigenvalue weighted by atomic mass is 9.80. The first kappa shape index (κ1) is 13.1. The van der Waals surface area contributed by atoms with Crippen molar-refractivity contribution in [2.24, 2.45) is 11.8 Å². The second-order valence-electron chi connectivity index (χ2n) is 4.83. The van der Waals surface area contributed by atoms with Gasteiger partial charge in [-0.15, -0.1) is 11.3 Å². The van der Waals surface area contributed by atoms with Crippen LogP contribution in [0.3, 0.4) is 0 Å². The van der Waals surface area contributed by atoms with E-state index in [2.05, 4.69) is 28.2 Å². The van der Waals surface area contributed by atoms with Crippen molar-refractivity contribution in [1.29, 1.82) is 0 Å². The average molecular weight is 316 g/mol. The predicted molar refractivity (Wildman–Crippen MR) is 75.5 cm³/mol. The normalized spacial score (nSPS) is 24.6. The third-order valence-corrected chi connectivity index (χ3v) is 5.47. The summed E-state index contributed by atoms with van der Waals surface area (Å²) in [6.45, 7) is 3.13. The first-order valence-corrected chi connectivity index (χ1v) is 7.87. The molecule has 4 heteroatoms. The van der Waals surface area contributed by atoms with Crippen LogP contribution in [0.25, 0.3) is 0 Å². The summed E-state index contributed by atoms with van der Waals surface area (Å²) in [6, 6.07) is 1.92. The molecule has 1 saturated carbocycles. The Balaban J connectivity index is 1.86.